The lowest BCUT2D eigenvalue weighted by Crippen LogP contribution is -2.30. The zero-order chi connectivity index (χ0) is 14.8. The number of aromatic nitrogens is 1. The summed E-state index contributed by atoms with van der Waals surface area (Å²) in [6.45, 7) is 2.19. The van der Waals surface area contributed by atoms with E-state index in [1.54, 1.807) is 30.1 Å². The number of aryl methyl sites for hydroxylation is 1. The molecule has 6 heteroatoms. The van der Waals surface area contributed by atoms with Crippen molar-refractivity contribution in [1.82, 2.24) is 10.3 Å². The lowest BCUT2D eigenvalue weighted by Gasteiger charge is -2.01. The van der Waals surface area contributed by atoms with Gasteiger partial charge in [0.15, 0.2) is 0 Å². The molecule has 2 aromatic rings. The molecule has 110 valence electrons. The summed E-state index contributed by atoms with van der Waals surface area (Å²) in [5, 5.41) is 4.47. The van der Waals surface area contributed by atoms with E-state index in [1.807, 2.05) is 0 Å². The van der Waals surface area contributed by atoms with Gasteiger partial charge >= 0.3 is 0 Å². The molecule has 1 aliphatic rings. The van der Waals surface area contributed by atoms with E-state index in [1.165, 1.54) is 10.3 Å². The first kappa shape index (κ1) is 14.5. The summed E-state index contributed by atoms with van der Waals surface area (Å²) in [7, 11) is 1.65. The van der Waals surface area contributed by atoms with Gasteiger partial charge in [-0.25, -0.2) is 4.98 Å². The van der Waals surface area contributed by atoms with E-state index in [0.717, 1.165) is 28.4 Å². The maximum absolute atomic E-state index is 11.6. The molecule has 1 atom stereocenters. The fraction of sp³-hybridized carbons (Fsp3) is 0.400. The van der Waals surface area contributed by atoms with Gasteiger partial charge in [0, 0.05) is 12.8 Å². The molecule has 0 aliphatic carbocycles. The van der Waals surface area contributed by atoms with E-state index in [4.69, 9.17) is 0 Å². The highest BCUT2D eigenvalue weighted by atomic mass is 32.2. The van der Waals surface area contributed by atoms with E-state index in [-0.39, 0.29) is 11.9 Å². The standard InChI is InChI=1S/C15H17N3OS2/c1-3-4-9-5-6-10-12(7-9)21-15(17-10)14-18-11(8-20-14)13(19)16-2/h5-7,11H,3-4,8H2,1-2H3,(H,16,19)/t11-/m1/s1. The molecule has 1 aromatic heterocycles. The van der Waals surface area contributed by atoms with Gasteiger partial charge in [0.1, 0.15) is 16.1 Å². The van der Waals surface area contributed by atoms with Crippen molar-refractivity contribution in [1.29, 1.82) is 0 Å². The minimum atomic E-state index is -0.280. The Kier molecular flexibility index (Phi) is 4.26. The SMILES string of the molecule is CCCc1ccc2nc(C3=N[C@@H](C(=O)NC)CS3)sc2c1. The van der Waals surface area contributed by atoms with Crippen molar-refractivity contribution in [2.45, 2.75) is 25.8 Å². The molecule has 0 unspecified atom stereocenters. The molecule has 0 spiro atoms. The number of thioether (sulfide) groups is 1. The lowest BCUT2D eigenvalue weighted by molar-refractivity contribution is -0.121. The Morgan fingerprint density at radius 2 is 2.33 bits per heavy atom. The van der Waals surface area contributed by atoms with Crippen LogP contribution in [0.4, 0.5) is 0 Å². The quantitative estimate of drug-likeness (QED) is 0.943. The van der Waals surface area contributed by atoms with Crippen molar-refractivity contribution in [2.24, 2.45) is 4.99 Å². The molecule has 21 heavy (non-hydrogen) atoms. The lowest BCUT2D eigenvalue weighted by atomic mass is 10.1. The second kappa shape index (κ2) is 6.15. The van der Waals surface area contributed by atoms with Crippen molar-refractivity contribution >= 4 is 44.3 Å². The topological polar surface area (TPSA) is 54.4 Å². The molecule has 2 heterocycles. The Bertz CT molecular complexity index is 708. The van der Waals surface area contributed by atoms with Crippen LogP contribution in [0.3, 0.4) is 0 Å². The number of amides is 1. The summed E-state index contributed by atoms with van der Waals surface area (Å²) in [4.78, 5) is 20.8. The van der Waals surface area contributed by atoms with E-state index >= 15 is 0 Å². The summed E-state index contributed by atoms with van der Waals surface area (Å²) in [6.07, 6.45) is 2.24. The number of nitrogens with one attached hydrogen (secondary N) is 1. The highest BCUT2D eigenvalue weighted by molar-refractivity contribution is 8.15. The molecule has 0 saturated carbocycles. The molecule has 1 N–H and O–H groups in total. The molecule has 0 radical (unpaired) electrons. The second-order valence-electron chi connectivity index (χ2n) is 4.95. The number of fused-ring (bicyclic) bond motifs is 1. The summed E-state index contributed by atoms with van der Waals surface area (Å²) in [6, 6.07) is 6.16. The number of likely N-dealkylation sites (N-methyl/N-ethyl adjacent to an activating group) is 1. The van der Waals surface area contributed by atoms with E-state index in [9.17, 15) is 4.79 Å². The number of nitrogens with zero attached hydrogens (tertiary/aromatic N) is 2. The molecule has 0 bridgehead atoms. The Morgan fingerprint density at radius 1 is 1.48 bits per heavy atom. The molecule has 1 aromatic carbocycles. The normalized spacial score (nSPS) is 18.0. The first-order chi connectivity index (χ1) is 10.2. The maximum atomic E-state index is 11.6. The molecular weight excluding hydrogens is 302 g/mol. The first-order valence-electron chi connectivity index (χ1n) is 7.03. The molecule has 1 aliphatic heterocycles. The number of aliphatic imine (C=N–C) groups is 1. The average Bonchev–Trinajstić information content (AvgIpc) is 3.12. The minimum absolute atomic E-state index is 0.0242. The predicted octanol–water partition coefficient (Wildman–Crippen LogP) is 2.86. The van der Waals surface area contributed by atoms with Crippen LogP contribution in [0.15, 0.2) is 23.2 Å². The van der Waals surface area contributed by atoms with Crippen molar-refractivity contribution in [2.75, 3.05) is 12.8 Å². The van der Waals surface area contributed by atoms with Crippen LogP contribution < -0.4 is 5.32 Å². The number of hydrogen-bond donors (Lipinski definition) is 1. The number of thiazole rings is 1. The first-order valence-corrected chi connectivity index (χ1v) is 8.83. The van der Waals surface area contributed by atoms with Gasteiger partial charge in [-0.2, -0.15) is 0 Å². The zero-order valence-corrected chi connectivity index (χ0v) is 13.7. The van der Waals surface area contributed by atoms with Crippen LogP contribution in [0.5, 0.6) is 0 Å². The van der Waals surface area contributed by atoms with Gasteiger partial charge < -0.3 is 5.32 Å². The Morgan fingerprint density at radius 3 is 3.10 bits per heavy atom. The highest BCUT2D eigenvalue weighted by Crippen LogP contribution is 2.30. The summed E-state index contributed by atoms with van der Waals surface area (Å²) < 4.78 is 1.20. The van der Waals surface area contributed by atoms with Gasteiger partial charge in [-0.1, -0.05) is 19.4 Å². The summed E-state index contributed by atoms with van der Waals surface area (Å²) >= 11 is 3.28. The Balaban J connectivity index is 1.89. The third-order valence-corrected chi connectivity index (χ3v) is 5.58. The van der Waals surface area contributed by atoms with Crippen LogP contribution >= 0.6 is 23.1 Å². The van der Waals surface area contributed by atoms with Crippen molar-refractivity contribution < 1.29 is 4.79 Å². The van der Waals surface area contributed by atoms with Gasteiger partial charge in [0.2, 0.25) is 5.91 Å². The molecule has 4 nitrogen and oxygen atoms in total. The largest absolute Gasteiger partial charge is 0.357 e. The second-order valence-corrected chi connectivity index (χ2v) is 6.99. The van der Waals surface area contributed by atoms with Crippen LogP contribution in [-0.2, 0) is 11.2 Å². The van der Waals surface area contributed by atoms with Gasteiger partial charge in [-0.3, -0.25) is 9.79 Å². The fourth-order valence-electron chi connectivity index (χ4n) is 2.30. The minimum Gasteiger partial charge on any atom is -0.357 e. The number of carbonyl (C=O) groups is 1. The van der Waals surface area contributed by atoms with Crippen LogP contribution in [0.2, 0.25) is 0 Å². The van der Waals surface area contributed by atoms with Gasteiger partial charge in [0.05, 0.1) is 10.2 Å². The summed E-state index contributed by atoms with van der Waals surface area (Å²) in [5.41, 5.74) is 2.37. The number of hydrogen-bond acceptors (Lipinski definition) is 5. The van der Waals surface area contributed by atoms with E-state index in [0.29, 0.717) is 5.75 Å². The van der Waals surface area contributed by atoms with Crippen molar-refractivity contribution in [3.8, 4) is 0 Å². The highest BCUT2D eigenvalue weighted by Gasteiger charge is 2.26. The van der Waals surface area contributed by atoms with Crippen LogP contribution in [-0.4, -0.2) is 34.8 Å². The van der Waals surface area contributed by atoms with Gasteiger partial charge in [-0.05, 0) is 24.1 Å². The zero-order valence-electron chi connectivity index (χ0n) is 12.0. The van der Waals surface area contributed by atoms with E-state index in [2.05, 4.69) is 40.4 Å². The van der Waals surface area contributed by atoms with Crippen molar-refractivity contribution in [3.63, 3.8) is 0 Å². The van der Waals surface area contributed by atoms with Gasteiger partial charge in [-0.15, -0.1) is 23.1 Å². The molecule has 0 saturated heterocycles. The van der Waals surface area contributed by atoms with Crippen LogP contribution in [0.1, 0.15) is 23.9 Å². The Labute approximate surface area is 132 Å². The van der Waals surface area contributed by atoms with Gasteiger partial charge in [0.25, 0.3) is 0 Å². The predicted molar refractivity (Wildman–Crippen MR) is 90.5 cm³/mol. The number of benzene rings is 1. The van der Waals surface area contributed by atoms with Crippen LogP contribution in [0, 0.1) is 0 Å². The third-order valence-electron chi connectivity index (χ3n) is 3.37. The molecule has 1 amide bonds. The number of carbonyl (C=O) groups excluding carboxylic acids is 1. The molecule has 3 rings (SSSR count). The molecule has 0 fully saturated rings. The smallest absolute Gasteiger partial charge is 0.245 e. The Hall–Kier alpha value is -1.40. The molecular formula is C15H17N3OS2. The maximum Gasteiger partial charge on any atom is 0.245 e. The van der Waals surface area contributed by atoms with E-state index < -0.39 is 0 Å². The van der Waals surface area contributed by atoms with Crippen LogP contribution in [0.25, 0.3) is 10.2 Å². The third kappa shape index (κ3) is 2.96. The summed E-state index contributed by atoms with van der Waals surface area (Å²) in [5.74, 6) is 0.676. The average molecular weight is 319 g/mol. The fourth-order valence-corrected chi connectivity index (χ4v) is 4.43. The van der Waals surface area contributed by atoms with Crippen molar-refractivity contribution in [3.05, 3.63) is 28.8 Å². The monoisotopic (exact) mass is 319 g/mol. The number of rotatable bonds is 4.